The molecule has 0 saturated carbocycles. The summed E-state index contributed by atoms with van der Waals surface area (Å²) in [5, 5.41) is 12.2. The second-order valence-corrected chi connectivity index (χ2v) is 10.8. The van der Waals surface area contributed by atoms with E-state index in [0.717, 1.165) is 50.7 Å². The number of rotatable bonds is 4. The van der Waals surface area contributed by atoms with Gasteiger partial charge < -0.3 is 25.7 Å². The van der Waals surface area contributed by atoms with Crippen LogP contribution in [0.3, 0.4) is 0 Å². The van der Waals surface area contributed by atoms with Crippen LogP contribution in [0.15, 0.2) is 54.9 Å². The average Bonchev–Trinajstić information content (AvgIpc) is 3.41. The number of anilines is 2. The Morgan fingerprint density at radius 1 is 0.842 bits per heavy atom. The van der Waals surface area contributed by atoms with Crippen LogP contribution < -0.4 is 11.5 Å². The Balaban J connectivity index is 0.000000156. The maximum atomic E-state index is 10.1. The summed E-state index contributed by atoms with van der Waals surface area (Å²) in [4.78, 5) is 17.7. The highest BCUT2D eigenvalue weighted by Gasteiger charge is 2.20. The van der Waals surface area contributed by atoms with Crippen LogP contribution in [0, 0.1) is 12.8 Å². The molecular formula is C29H34N8O. The molecule has 9 heteroatoms. The number of nitrogen functional groups attached to an aromatic ring is 2. The summed E-state index contributed by atoms with van der Waals surface area (Å²) < 4.78 is 4.18. The minimum Gasteiger partial charge on any atom is -0.389 e. The van der Waals surface area contributed by atoms with Crippen molar-refractivity contribution in [3.63, 3.8) is 0 Å². The molecular weight excluding hydrogens is 476 g/mol. The summed E-state index contributed by atoms with van der Waals surface area (Å²) in [6, 6.07) is 15.9. The standard InChI is InChI=1S/C15H18N4O.C14H16N4/c1-9-17-12-13(19(9)8-15(2,3)20)10-6-4-5-7-11(10)18-14(12)16;1-9(2)7-18-8-16-12-13(18)10-5-3-4-6-11(10)17-14(12)15/h4-7,20H,8H2,1-3H3,(H2,16,18);3-6,8-9H,7H2,1-2H3,(H2,15,17). The minimum atomic E-state index is -0.822. The van der Waals surface area contributed by atoms with E-state index in [2.05, 4.69) is 44.4 Å². The number of aryl methyl sites for hydroxylation is 1. The van der Waals surface area contributed by atoms with Gasteiger partial charge in [0, 0.05) is 17.3 Å². The van der Waals surface area contributed by atoms with Crippen LogP contribution in [0.5, 0.6) is 0 Å². The van der Waals surface area contributed by atoms with Crippen LogP contribution in [0.2, 0.25) is 0 Å². The Morgan fingerprint density at radius 2 is 1.39 bits per heavy atom. The molecule has 0 saturated heterocycles. The van der Waals surface area contributed by atoms with Crippen molar-refractivity contribution in [2.75, 3.05) is 11.5 Å². The second kappa shape index (κ2) is 9.57. The van der Waals surface area contributed by atoms with E-state index in [-0.39, 0.29) is 0 Å². The van der Waals surface area contributed by atoms with E-state index in [9.17, 15) is 5.11 Å². The zero-order chi connectivity index (χ0) is 27.2. The molecule has 0 fully saturated rings. The predicted octanol–water partition coefficient (Wildman–Crippen LogP) is 5.07. The van der Waals surface area contributed by atoms with Gasteiger partial charge in [-0.15, -0.1) is 0 Å². The van der Waals surface area contributed by atoms with Gasteiger partial charge in [-0.05, 0) is 38.8 Å². The maximum absolute atomic E-state index is 10.1. The number of nitrogens with zero attached hydrogens (tertiary/aromatic N) is 6. The summed E-state index contributed by atoms with van der Waals surface area (Å²) in [7, 11) is 0. The van der Waals surface area contributed by atoms with E-state index in [4.69, 9.17) is 11.5 Å². The van der Waals surface area contributed by atoms with Crippen molar-refractivity contribution in [1.82, 2.24) is 29.1 Å². The number of pyridine rings is 2. The number of aliphatic hydroxyl groups is 1. The Hall–Kier alpha value is -4.24. The van der Waals surface area contributed by atoms with Crippen molar-refractivity contribution in [3.8, 4) is 0 Å². The lowest BCUT2D eigenvalue weighted by atomic mass is 10.1. The lowest BCUT2D eigenvalue weighted by Gasteiger charge is -2.20. The SMILES string of the molecule is CC(C)Cn1cnc2c(N)nc3ccccc3c21.Cc1nc2c(N)nc3ccccc3c2n1CC(C)(C)O. The van der Waals surface area contributed by atoms with Gasteiger partial charge in [-0.1, -0.05) is 50.2 Å². The molecule has 0 radical (unpaired) electrons. The van der Waals surface area contributed by atoms with Crippen LogP contribution in [-0.4, -0.2) is 39.8 Å². The number of hydrogen-bond acceptors (Lipinski definition) is 7. The van der Waals surface area contributed by atoms with Gasteiger partial charge in [0.1, 0.15) is 16.9 Å². The summed E-state index contributed by atoms with van der Waals surface area (Å²) in [6.45, 7) is 11.3. The average molecular weight is 511 g/mol. The van der Waals surface area contributed by atoms with E-state index in [1.165, 1.54) is 0 Å². The van der Waals surface area contributed by atoms with Crippen molar-refractivity contribution in [3.05, 3.63) is 60.7 Å². The smallest absolute Gasteiger partial charge is 0.152 e. The van der Waals surface area contributed by atoms with Crippen LogP contribution in [0.1, 0.15) is 33.5 Å². The second-order valence-electron chi connectivity index (χ2n) is 10.8. The van der Waals surface area contributed by atoms with Crippen LogP contribution in [0.4, 0.5) is 11.6 Å². The normalized spacial score (nSPS) is 12.1. The van der Waals surface area contributed by atoms with E-state index >= 15 is 0 Å². The molecule has 0 spiro atoms. The third kappa shape index (κ3) is 4.72. The number of aromatic nitrogens is 6. The fourth-order valence-corrected chi connectivity index (χ4v) is 4.89. The highest BCUT2D eigenvalue weighted by atomic mass is 16.3. The molecule has 6 rings (SSSR count). The third-order valence-corrected chi connectivity index (χ3v) is 6.39. The molecule has 0 amide bonds. The molecule has 4 aromatic heterocycles. The molecule has 0 aliphatic carbocycles. The molecule has 0 aliphatic heterocycles. The zero-order valence-electron chi connectivity index (χ0n) is 22.5. The molecule has 38 heavy (non-hydrogen) atoms. The van der Waals surface area contributed by atoms with E-state index in [1.807, 2.05) is 60.3 Å². The quantitative estimate of drug-likeness (QED) is 0.301. The van der Waals surface area contributed by atoms with Gasteiger partial charge in [0.2, 0.25) is 0 Å². The summed E-state index contributed by atoms with van der Waals surface area (Å²) in [6.07, 6.45) is 1.86. The molecule has 9 nitrogen and oxygen atoms in total. The highest BCUT2D eigenvalue weighted by Crippen LogP contribution is 2.30. The summed E-state index contributed by atoms with van der Waals surface area (Å²) >= 11 is 0. The Bertz CT molecular complexity index is 1780. The number of benzene rings is 2. The first-order valence-corrected chi connectivity index (χ1v) is 12.8. The Labute approximate surface area is 221 Å². The van der Waals surface area contributed by atoms with Crippen LogP contribution in [-0.2, 0) is 13.1 Å². The maximum Gasteiger partial charge on any atom is 0.152 e. The molecule has 0 unspecified atom stereocenters. The van der Waals surface area contributed by atoms with Gasteiger partial charge in [0.25, 0.3) is 0 Å². The number of fused-ring (bicyclic) bond motifs is 6. The Kier molecular flexibility index (Phi) is 6.40. The zero-order valence-corrected chi connectivity index (χ0v) is 22.5. The third-order valence-electron chi connectivity index (χ3n) is 6.39. The van der Waals surface area contributed by atoms with Gasteiger partial charge in [0.15, 0.2) is 11.6 Å². The molecule has 5 N–H and O–H groups in total. The summed E-state index contributed by atoms with van der Waals surface area (Å²) in [5.41, 5.74) is 16.5. The van der Waals surface area contributed by atoms with Crippen molar-refractivity contribution in [1.29, 1.82) is 0 Å². The van der Waals surface area contributed by atoms with Gasteiger partial charge in [0.05, 0.1) is 40.5 Å². The van der Waals surface area contributed by atoms with Gasteiger partial charge >= 0.3 is 0 Å². The largest absolute Gasteiger partial charge is 0.389 e. The Morgan fingerprint density at radius 3 is 1.97 bits per heavy atom. The van der Waals surface area contributed by atoms with Crippen molar-refractivity contribution >= 4 is 55.5 Å². The summed E-state index contributed by atoms with van der Waals surface area (Å²) in [5.74, 6) is 2.32. The molecule has 2 aromatic carbocycles. The first-order valence-electron chi connectivity index (χ1n) is 12.8. The van der Waals surface area contributed by atoms with Crippen LogP contribution >= 0.6 is 0 Å². The fraction of sp³-hybridized carbons (Fsp3) is 0.310. The van der Waals surface area contributed by atoms with Crippen molar-refractivity contribution in [2.45, 2.75) is 53.3 Å². The number of para-hydroxylation sites is 2. The first-order chi connectivity index (χ1) is 18.0. The first kappa shape index (κ1) is 25.4. The molecule has 4 heterocycles. The van der Waals surface area contributed by atoms with E-state index in [1.54, 1.807) is 13.8 Å². The van der Waals surface area contributed by atoms with Crippen molar-refractivity contribution in [2.24, 2.45) is 5.92 Å². The van der Waals surface area contributed by atoms with Gasteiger partial charge in [-0.3, -0.25) is 0 Å². The predicted molar refractivity (Wildman–Crippen MR) is 155 cm³/mol. The molecule has 6 aromatic rings. The van der Waals surface area contributed by atoms with Crippen LogP contribution in [0.25, 0.3) is 43.9 Å². The van der Waals surface area contributed by atoms with E-state index in [0.29, 0.717) is 29.6 Å². The molecule has 196 valence electrons. The topological polar surface area (TPSA) is 134 Å². The molecule has 0 atom stereocenters. The highest BCUT2D eigenvalue weighted by molar-refractivity contribution is 6.07. The van der Waals surface area contributed by atoms with E-state index < -0.39 is 5.60 Å². The monoisotopic (exact) mass is 510 g/mol. The minimum absolute atomic E-state index is 0.427. The lowest BCUT2D eigenvalue weighted by molar-refractivity contribution is 0.0621. The molecule has 0 bridgehead atoms. The van der Waals surface area contributed by atoms with Crippen molar-refractivity contribution < 1.29 is 5.11 Å². The van der Waals surface area contributed by atoms with Gasteiger partial charge in [-0.25, -0.2) is 19.9 Å². The number of nitrogens with two attached hydrogens (primary N) is 2. The number of imidazole rings is 2. The lowest BCUT2D eigenvalue weighted by Crippen LogP contribution is -2.26. The molecule has 0 aliphatic rings. The van der Waals surface area contributed by atoms with Gasteiger partial charge in [-0.2, -0.15) is 0 Å². The number of hydrogen-bond donors (Lipinski definition) is 3. The fourth-order valence-electron chi connectivity index (χ4n) is 4.89.